The number of hydrogen-bond donors (Lipinski definition) is 2. The number of methoxy groups -OCH3 is 1. The van der Waals surface area contributed by atoms with E-state index in [4.69, 9.17) is 37.8 Å². The SMILES string of the molecule is COc1c(Cc2c(Cl)cc(OCC(=O)O)cc2Cl)ccc(O)c1C(C)C. The summed E-state index contributed by atoms with van der Waals surface area (Å²) in [6, 6.07) is 6.45. The van der Waals surface area contributed by atoms with E-state index >= 15 is 0 Å². The highest BCUT2D eigenvalue weighted by atomic mass is 35.5. The van der Waals surface area contributed by atoms with Gasteiger partial charge >= 0.3 is 5.97 Å². The number of ether oxygens (including phenoxy) is 2. The molecule has 2 rings (SSSR count). The number of rotatable bonds is 7. The molecule has 0 saturated heterocycles. The lowest BCUT2D eigenvalue weighted by atomic mass is 9.94. The van der Waals surface area contributed by atoms with E-state index in [2.05, 4.69) is 0 Å². The van der Waals surface area contributed by atoms with Gasteiger partial charge in [-0.25, -0.2) is 4.79 Å². The maximum Gasteiger partial charge on any atom is 0.341 e. The predicted molar refractivity (Wildman–Crippen MR) is 101 cm³/mol. The summed E-state index contributed by atoms with van der Waals surface area (Å²) in [5.74, 6) is 0.0410. The summed E-state index contributed by atoms with van der Waals surface area (Å²) in [5, 5.41) is 19.5. The highest BCUT2D eigenvalue weighted by Gasteiger charge is 2.19. The molecular weight excluding hydrogens is 379 g/mol. The molecule has 140 valence electrons. The van der Waals surface area contributed by atoms with Crippen LogP contribution < -0.4 is 9.47 Å². The molecule has 0 spiro atoms. The highest BCUT2D eigenvalue weighted by Crippen LogP contribution is 2.40. The zero-order valence-corrected chi connectivity index (χ0v) is 16.2. The minimum atomic E-state index is -1.09. The number of carboxylic acids is 1. The second-order valence-electron chi connectivity index (χ2n) is 6.07. The monoisotopic (exact) mass is 398 g/mol. The van der Waals surface area contributed by atoms with Crippen molar-refractivity contribution in [3.63, 3.8) is 0 Å². The Kier molecular flexibility index (Phi) is 6.62. The van der Waals surface area contributed by atoms with E-state index in [1.54, 1.807) is 19.2 Å². The first-order valence-electron chi connectivity index (χ1n) is 7.95. The molecule has 0 aliphatic rings. The van der Waals surface area contributed by atoms with Gasteiger partial charge in [0.15, 0.2) is 6.61 Å². The number of aromatic hydroxyl groups is 1. The average molecular weight is 399 g/mol. The first kappa shape index (κ1) is 20.2. The van der Waals surface area contributed by atoms with E-state index in [-0.39, 0.29) is 17.4 Å². The molecule has 0 atom stereocenters. The highest BCUT2D eigenvalue weighted by molar-refractivity contribution is 6.36. The maximum absolute atomic E-state index is 10.6. The molecule has 0 saturated carbocycles. The molecule has 0 amide bonds. The smallest absolute Gasteiger partial charge is 0.341 e. The molecule has 2 aromatic rings. The number of benzene rings is 2. The van der Waals surface area contributed by atoms with Crippen molar-refractivity contribution in [2.75, 3.05) is 13.7 Å². The van der Waals surface area contributed by atoms with Gasteiger partial charge in [-0.05, 0) is 35.2 Å². The number of halogens is 2. The first-order chi connectivity index (χ1) is 12.2. The van der Waals surface area contributed by atoms with E-state index in [0.717, 1.165) is 11.1 Å². The summed E-state index contributed by atoms with van der Waals surface area (Å²) >= 11 is 12.7. The zero-order valence-electron chi connectivity index (χ0n) is 14.7. The quantitative estimate of drug-likeness (QED) is 0.694. The minimum absolute atomic E-state index is 0.0719. The molecule has 26 heavy (non-hydrogen) atoms. The van der Waals surface area contributed by atoms with Gasteiger partial charge in [0, 0.05) is 22.0 Å². The van der Waals surface area contributed by atoms with Crippen LogP contribution in [0.5, 0.6) is 17.2 Å². The van der Waals surface area contributed by atoms with Crippen molar-refractivity contribution in [1.29, 1.82) is 0 Å². The molecule has 0 aromatic heterocycles. The summed E-state index contributed by atoms with van der Waals surface area (Å²) < 4.78 is 10.6. The van der Waals surface area contributed by atoms with Gasteiger partial charge in [0.2, 0.25) is 0 Å². The standard InChI is InChI=1S/C19H20Cl2O5/c1-10(2)18-16(22)5-4-11(19(18)25-3)6-13-14(20)7-12(8-15(13)21)26-9-17(23)24/h4-5,7-8,10,22H,6,9H2,1-3H3,(H,23,24). The number of carbonyl (C=O) groups is 1. The van der Waals surface area contributed by atoms with Crippen molar-refractivity contribution in [1.82, 2.24) is 0 Å². The molecule has 0 radical (unpaired) electrons. The Bertz CT molecular complexity index is 795. The fraction of sp³-hybridized carbons (Fsp3) is 0.316. The Morgan fingerprint density at radius 3 is 2.31 bits per heavy atom. The van der Waals surface area contributed by atoms with E-state index in [1.807, 2.05) is 13.8 Å². The Hall–Kier alpha value is -2.11. The third-order valence-corrected chi connectivity index (χ3v) is 4.55. The van der Waals surface area contributed by atoms with Gasteiger partial charge in [-0.1, -0.05) is 43.1 Å². The summed E-state index contributed by atoms with van der Waals surface area (Å²) in [6.07, 6.45) is 0.389. The molecule has 0 fully saturated rings. The van der Waals surface area contributed by atoms with Crippen molar-refractivity contribution in [2.24, 2.45) is 0 Å². The molecule has 0 heterocycles. The lowest BCUT2D eigenvalue weighted by Crippen LogP contribution is -2.09. The molecule has 2 N–H and O–H groups in total. The van der Waals surface area contributed by atoms with Crippen LogP contribution in [0.15, 0.2) is 24.3 Å². The van der Waals surface area contributed by atoms with Crippen LogP contribution >= 0.6 is 23.2 Å². The van der Waals surface area contributed by atoms with Crippen LogP contribution in [0.1, 0.15) is 36.5 Å². The van der Waals surface area contributed by atoms with Crippen molar-refractivity contribution in [3.05, 3.63) is 51.0 Å². The fourth-order valence-corrected chi connectivity index (χ4v) is 3.34. The van der Waals surface area contributed by atoms with E-state index < -0.39 is 12.6 Å². The number of phenolic OH excluding ortho intramolecular Hbond substituents is 1. The zero-order chi connectivity index (χ0) is 19.4. The molecule has 7 heteroatoms. The van der Waals surface area contributed by atoms with Crippen molar-refractivity contribution in [2.45, 2.75) is 26.2 Å². The van der Waals surface area contributed by atoms with Crippen LogP contribution in [0.25, 0.3) is 0 Å². The second kappa shape index (κ2) is 8.52. The number of aliphatic carboxylic acids is 1. The Balaban J connectivity index is 2.40. The van der Waals surface area contributed by atoms with Crippen LogP contribution in [-0.2, 0) is 11.2 Å². The van der Waals surface area contributed by atoms with Gasteiger partial charge in [-0.15, -0.1) is 0 Å². The second-order valence-corrected chi connectivity index (χ2v) is 6.88. The van der Waals surface area contributed by atoms with Crippen molar-refractivity contribution in [3.8, 4) is 17.2 Å². The lowest BCUT2D eigenvalue weighted by molar-refractivity contribution is -0.139. The van der Waals surface area contributed by atoms with E-state index in [0.29, 0.717) is 27.8 Å². The van der Waals surface area contributed by atoms with Gasteiger partial charge in [-0.3, -0.25) is 0 Å². The number of carboxylic acid groups (broad SMARTS) is 1. The van der Waals surface area contributed by atoms with Gasteiger partial charge < -0.3 is 19.7 Å². The summed E-state index contributed by atoms with van der Waals surface area (Å²) in [7, 11) is 1.55. The Labute approximate surface area is 162 Å². The number of phenols is 1. The Morgan fingerprint density at radius 1 is 1.19 bits per heavy atom. The molecule has 0 bridgehead atoms. The van der Waals surface area contributed by atoms with Crippen LogP contribution in [0.3, 0.4) is 0 Å². The maximum atomic E-state index is 10.6. The van der Waals surface area contributed by atoms with E-state index in [9.17, 15) is 9.90 Å². The predicted octanol–water partition coefficient (Wildman–Crippen LogP) is 4.89. The minimum Gasteiger partial charge on any atom is -0.508 e. The first-order valence-corrected chi connectivity index (χ1v) is 8.71. The molecule has 0 unspecified atom stereocenters. The molecule has 0 aliphatic heterocycles. The third kappa shape index (κ3) is 4.54. The van der Waals surface area contributed by atoms with Gasteiger partial charge in [0.05, 0.1) is 7.11 Å². The van der Waals surface area contributed by atoms with Crippen molar-refractivity contribution < 1.29 is 24.5 Å². The molecular formula is C19H20Cl2O5. The number of hydrogen-bond acceptors (Lipinski definition) is 4. The normalized spacial score (nSPS) is 10.8. The fourth-order valence-electron chi connectivity index (χ4n) is 2.74. The van der Waals surface area contributed by atoms with Crippen LogP contribution in [-0.4, -0.2) is 29.9 Å². The van der Waals surface area contributed by atoms with E-state index in [1.165, 1.54) is 12.1 Å². The van der Waals surface area contributed by atoms with Crippen LogP contribution in [0, 0.1) is 0 Å². The van der Waals surface area contributed by atoms with Gasteiger partial charge in [-0.2, -0.15) is 0 Å². The summed E-state index contributed by atoms with van der Waals surface area (Å²) in [6.45, 7) is 3.46. The van der Waals surface area contributed by atoms with Gasteiger partial charge in [0.1, 0.15) is 17.2 Å². The summed E-state index contributed by atoms with van der Waals surface area (Å²) in [5.41, 5.74) is 2.21. The van der Waals surface area contributed by atoms with Crippen LogP contribution in [0.2, 0.25) is 10.0 Å². The average Bonchev–Trinajstić information content (AvgIpc) is 2.56. The summed E-state index contributed by atoms with van der Waals surface area (Å²) in [4.78, 5) is 10.6. The van der Waals surface area contributed by atoms with Crippen LogP contribution in [0.4, 0.5) is 0 Å². The topological polar surface area (TPSA) is 76.0 Å². The largest absolute Gasteiger partial charge is 0.508 e. The third-order valence-electron chi connectivity index (χ3n) is 3.88. The van der Waals surface area contributed by atoms with Crippen molar-refractivity contribution >= 4 is 29.2 Å². The lowest BCUT2D eigenvalue weighted by Gasteiger charge is -2.18. The Morgan fingerprint density at radius 2 is 1.81 bits per heavy atom. The molecule has 0 aliphatic carbocycles. The molecule has 2 aromatic carbocycles. The van der Waals surface area contributed by atoms with Gasteiger partial charge in [0.25, 0.3) is 0 Å². The molecule has 5 nitrogen and oxygen atoms in total.